The number of sulfonamides is 1. The van der Waals surface area contributed by atoms with E-state index in [1.54, 1.807) is 12.3 Å². The number of nitrogens with zero attached hydrogens (tertiary/aromatic N) is 2. The molecular weight excluding hydrogens is 234 g/mol. The van der Waals surface area contributed by atoms with Gasteiger partial charge in [0.2, 0.25) is 10.0 Å². The molecule has 0 saturated heterocycles. The number of rotatable bonds is 5. The van der Waals surface area contributed by atoms with Crippen molar-refractivity contribution in [1.29, 1.82) is 5.26 Å². The Balaban J connectivity index is 2.48. The highest BCUT2D eigenvalue weighted by Crippen LogP contribution is 2.16. The minimum Gasteiger partial charge on any atom is -0.249 e. The molecule has 0 aromatic carbocycles. The van der Waals surface area contributed by atoms with Crippen LogP contribution in [0.15, 0.2) is 11.6 Å². The quantitative estimate of drug-likeness (QED) is 0.827. The van der Waals surface area contributed by atoms with E-state index in [4.69, 9.17) is 5.26 Å². The van der Waals surface area contributed by atoms with Gasteiger partial charge < -0.3 is 0 Å². The van der Waals surface area contributed by atoms with Crippen molar-refractivity contribution in [1.82, 2.24) is 9.71 Å². The van der Waals surface area contributed by atoms with Crippen LogP contribution < -0.4 is 4.72 Å². The molecule has 0 amide bonds. The second-order valence-electron chi connectivity index (χ2n) is 3.04. The minimum atomic E-state index is -3.45. The van der Waals surface area contributed by atoms with Gasteiger partial charge in [-0.25, -0.2) is 18.1 Å². The predicted molar refractivity (Wildman–Crippen MR) is 57.9 cm³/mol. The van der Waals surface area contributed by atoms with E-state index < -0.39 is 15.8 Å². The third-order valence-electron chi connectivity index (χ3n) is 1.74. The maximum Gasteiger partial charge on any atom is 0.225 e. The molecule has 0 spiro atoms. The van der Waals surface area contributed by atoms with Crippen molar-refractivity contribution in [2.45, 2.75) is 12.8 Å². The highest BCUT2D eigenvalue weighted by Gasteiger charge is 2.13. The van der Waals surface area contributed by atoms with Crippen LogP contribution in [0.4, 0.5) is 0 Å². The summed E-state index contributed by atoms with van der Waals surface area (Å²) in [7, 11) is -3.45. The molecule has 7 heteroatoms. The summed E-state index contributed by atoms with van der Waals surface area (Å²) >= 11 is 1.48. The van der Waals surface area contributed by atoms with Crippen molar-refractivity contribution in [3.8, 4) is 6.07 Å². The summed E-state index contributed by atoms with van der Waals surface area (Å²) in [5.74, 6) is -0.476. The van der Waals surface area contributed by atoms with Crippen molar-refractivity contribution in [3.05, 3.63) is 16.6 Å². The Hall–Kier alpha value is -0.970. The fourth-order valence-electron chi connectivity index (χ4n) is 0.953. The molecule has 1 unspecified atom stereocenters. The zero-order chi connectivity index (χ0) is 11.3. The van der Waals surface area contributed by atoms with E-state index in [0.717, 1.165) is 5.01 Å². The fourth-order valence-corrected chi connectivity index (χ4v) is 2.43. The summed E-state index contributed by atoms with van der Waals surface area (Å²) in [4.78, 5) is 4.08. The van der Waals surface area contributed by atoms with Crippen molar-refractivity contribution in [2.24, 2.45) is 0 Å². The maximum atomic E-state index is 11.2. The molecule has 1 aromatic rings. The lowest BCUT2D eigenvalue weighted by Gasteiger charge is -2.08. The van der Waals surface area contributed by atoms with Gasteiger partial charge in [-0.15, -0.1) is 11.3 Å². The van der Waals surface area contributed by atoms with E-state index in [1.165, 1.54) is 11.3 Å². The molecular formula is C8H11N3O2S2. The number of hydrogen-bond acceptors (Lipinski definition) is 5. The fraction of sp³-hybridized carbons (Fsp3) is 0.500. The van der Waals surface area contributed by atoms with E-state index >= 15 is 0 Å². The molecule has 0 fully saturated rings. The smallest absolute Gasteiger partial charge is 0.225 e. The Morgan fingerprint density at radius 3 is 3.00 bits per heavy atom. The first-order chi connectivity index (χ1) is 7.05. The van der Waals surface area contributed by atoms with Crippen LogP contribution in [0.25, 0.3) is 0 Å². The Kier molecular flexibility index (Phi) is 4.20. The van der Waals surface area contributed by atoms with E-state index in [9.17, 15) is 8.42 Å². The predicted octanol–water partition coefficient (Wildman–Crippen LogP) is 0.690. The standard InChI is InChI=1S/C8H11N3O2S2/c1-7(8-10-3-4-14-8)6-11-15(12,13)5-2-9/h3-4,7,11H,5-6H2,1H3. The average Bonchev–Trinajstić information content (AvgIpc) is 2.67. The first kappa shape index (κ1) is 12.1. The summed E-state index contributed by atoms with van der Waals surface area (Å²) in [6.07, 6.45) is 1.68. The van der Waals surface area contributed by atoms with Gasteiger partial charge in [-0.2, -0.15) is 5.26 Å². The third kappa shape index (κ3) is 3.95. The molecule has 0 aliphatic rings. The van der Waals surface area contributed by atoms with Gasteiger partial charge in [0.15, 0.2) is 5.75 Å². The van der Waals surface area contributed by atoms with Gasteiger partial charge >= 0.3 is 0 Å². The summed E-state index contributed by atoms with van der Waals surface area (Å²) in [6, 6.07) is 1.60. The molecule has 0 radical (unpaired) electrons. The topological polar surface area (TPSA) is 82.9 Å². The molecule has 1 atom stereocenters. The lowest BCUT2D eigenvalue weighted by atomic mass is 10.2. The minimum absolute atomic E-state index is 0.0264. The van der Waals surface area contributed by atoms with Crippen LogP contribution in [0.5, 0.6) is 0 Å². The van der Waals surface area contributed by atoms with E-state index in [2.05, 4.69) is 9.71 Å². The number of thiazole rings is 1. The Bertz CT molecular complexity index is 433. The van der Waals surface area contributed by atoms with Gasteiger partial charge in [0.1, 0.15) is 0 Å². The summed E-state index contributed by atoms with van der Waals surface area (Å²) in [5, 5.41) is 11.0. The second-order valence-corrected chi connectivity index (χ2v) is 5.77. The summed E-state index contributed by atoms with van der Waals surface area (Å²) in [6.45, 7) is 2.16. The van der Waals surface area contributed by atoms with Gasteiger partial charge in [-0.1, -0.05) is 6.92 Å². The molecule has 1 heterocycles. The Labute approximate surface area is 92.8 Å². The highest BCUT2D eigenvalue weighted by molar-refractivity contribution is 7.89. The van der Waals surface area contributed by atoms with Crippen LogP contribution in [0.3, 0.4) is 0 Å². The lowest BCUT2D eigenvalue weighted by molar-refractivity contribution is 0.578. The lowest BCUT2D eigenvalue weighted by Crippen LogP contribution is -2.29. The van der Waals surface area contributed by atoms with Crippen molar-refractivity contribution < 1.29 is 8.42 Å². The van der Waals surface area contributed by atoms with Crippen LogP contribution in [-0.4, -0.2) is 25.7 Å². The molecule has 1 rings (SSSR count). The molecule has 15 heavy (non-hydrogen) atoms. The molecule has 0 saturated carbocycles. The van der Waals surface area contributed by atoms with Gasteiger partial charge in [0, 0.05) is 24.0 Å². The van der Waals surface area contributed by atoms with Gasteiger partial charge in [-0.05, 0) is 0 Å². The van der Waals surface area contributed by atoms with Crippen LogP contribution in [0.2, 0.25) is 0 Å². The van der Waals surface area contributed by atoms with Gasteiger partial charge in [0.25, 0.3) is 0 Å². The average molecular weight is 245 g/mol. The van der Waals surface area contributed by atoms with E-state index in [-0.39, 0.29) is 12.5 Å². The Morgan fingerprint density at radius 2 is 2.47 bits per heavy atom. The molecule has 0 bridgehead atoms. The number of nitriles is 1. The number of aromatic nitrogens is 1. The van der Waals surface area contributed by atoms with Crippen LogP contribution in [-0.2, 0) is 10.0 Å². The second kappa shape index (κ2) is 5.21. The van der Waals surface area contributed by atoms with E-state index in [0.29, 0.717) is 0 Å². The van der Waals surface area contributed by atoms with Crippen LogP contribution in [0, 0.1) is 11.3 Å². The molecule has 1 aromatic heterocycles. The number of hydrogen-bond donors (Lipinski definition) is 1. The maximum absolute atomic E-state index is 11.2. The third-order valence-corrected chi connectivity index (χ3v) is 3.86. The molecule has 82 valence electrons. The first-order valence-corrected chi connectivity index (χ1v) is 6.82. The molecule has 0 aliphatic carbocycles. The summed E-state index contributed by atoms with van der Waals surface area (Å²) < 4.78 is 24.7. The van der Waals surface area contributed by atoms with Crippen LogP contribution in [0.1, 0.15) is 17.8 Å². The molecule has 5 nitrogen and oxygen atoms in total. The van der Waals surface area contributed by atoms with Gasteiger partial charge in [-0.3, -0.25) is 0 Å². The SMILES string of the molecule is CC(CNS(=O)(=O)CC#N)c1nccs1. The van der Waals surface area contributed by atoms with Crippen LogP contribution >= 0.6 is 11.3 Å². The molecule has 1 N–H and O–H groups in total. The van der Waals surface area contributed by atoms with Gasteiger partial charge in [0.05, 0.1) is 11.1 Å². The zero-order valence-electron chi connectivity index (χ0n) is 8.17. The molecule has 0 aliphatic heterocycles. The zero-order valence-corrected chi connectivity index (χ0v) is 9.81. The monoisotopic (exact) mass is 245 g/mol. The summed E-state index contributed by atoms with van der Waals surface area (Å²) in [5.41, 5.74) is 0. The Morgan fingerprint density at radius 1 is 1.73 bits per heavy atom. The van der Waals surface area contributed by atoms with Crippen molar-refractivity contribution >= 4 is 21.4 Å². The van der Waals surface area contributed by atoms with Crippen molar-refractivity contribution in [3.63, 3.8) is 0 Å². The normalized spacial score (nSPS) is 13.3. The number of nitrogens with one attached hydrogen (secondary N) is 1. The highest BCUT2D eigenvalue weighted by atomic mass is 32.2. The first-order valence-electron chi connectivity index (χ1n) is 4.29. The van der Waals surface area contributed by atoms with Crippen molar-refractivity contribution in [2.75, 3.05) is 12.3 Å². The largest absolute Gasteiger partial charge is 0.249 e. The van der Waals surface area contributed by atoms with E-state index in [1.807, 2.05) is 12.3 Å².